The summed E-state index contributed by atoms with van der Waals surface area (Å²) in [5.41, 5.74) is 5.55. The van der Waals surface area contributed by atoms with Gasteiger partial charge in [0.2, 0.25) is 5.91 Å². The second kappa shape index (κ2) is 8.66. The van der Waals surface area contributed by atoms with Gasteiger partial charge < -0.3 is 10.6 Å². The Morgan fingerprint density at radius 2 is 1.35 bits per heavy atom. The third kappa shape index (κ3) is 4.47. The summed E-state index contributed by atoms with van der Waals surface area (Å²) in [4.78, 5) is 15.0. The molecule has 2 aliphatic carbocycles. The predicted molar refractivity (Wildman–Crippen MR) is 83.5 cm³/mol. The maximum Gasteiger partial charge on any atom is 0.223 e. The van der Waals surface area contributed by atoms with Crippen LogP contribution in [-0.2, 0) is 4.79 Å². The smallest absolute Gasteiger partial charge is 0.223 e. The summed E-state index contributed by atoms with van der Waals surface area (Å²) in [7, 11) is 0. The number of unbranched alkanes of at least 4 members (excludes halogenated alkanes) is 1. The molecule has 2 rings (SSSR count). The van der Waals surface area contributed by atoms with Gasteiger partial charge in [0.25, 0.3) is 0 Å². The molecule has 0 spiro atoms. The van der Waals surface area contributed by atoms with Gasteiger partial charge in [0, 0.05) is 18.5 Å². The van der Waals surface area contributed by atoms with Gasteiger partial charge in [-0.3, -0.25) is 4.79 Å². The Labute approximate surface area is 124 Å². The molecule has 116 valence electrons. The van der Waals surface area contributed by atoms with E-state index in [0.29, 0.717) is 31.0 Å². The molecule has 0 aromatic heterocycles. The van der Waals surface area contributed by atoms with E-state index in [9.17, 15) is 4.79 Å². The average molecular weight is 280 g/mol. The first-order chi connectivity index (χ1) is 9.83. The van der Waals surface area contributed by atoms with Gasteiger partial charge in [-0.1, -0.05) is 38.5 Å². The van der Waals surface area contributed by atoms with Gasteiger partial charge in [-0.15, -0.1) is 0 Å². The van der Waals surface area contributed by atoms with Crippen LogP contribution in [0, 0.1) is 0 Å². The summed E-state index contributed by atoms with van der Waals surface area (Å²) < 4.78 is 0. The minimum atomic E-state index is 0.414. The molecular formula is C17H32N2O. The fourth-order valence-corrected chi connectivity index (χ4v) is 3.97. The molecule has 2 aliphatic rings. The van der Waals surface area contributed by atoms with Crippen molar-refractivity contribution in [1.82, 2.24) is 4.90 Å². The lowest BCUT2D eigenvalue weighted by Gasteiger charge is -2.42. The zero-order chi connectivity index (χ0) is 14.2. The zero-order valence-corrected chi connectivity index (χ0v) is 13.0. The van der Waals surface area contributed by atoms with Crippen LogP contribution >= 0.6 is 0 Å². The molecule has 20 heavy (non-hydrogen) atoms. The minimum Gasteiger partial charge on any atom is -0.337 e. The van der Waals surface area contributed by atoms with E-state index in [-0.39, 0.29) is 0 Å². The maximum absolute atomic E-state index is 12.7. The van der Waals surface area contributed by atoms with E-state index >= 15 is 0 Å². The Kier molecular flexibility index (Phi) is 6.85. The molecule has 0 heterocycles. The number of carbonyl (C=O) groups excluding carboxylic acids is 1. The lowest BCUT2D eigenvalue weighted by Crippen LogP contribution is -2.48. The van der Waals surface area contributed by atoms with Crippen LogP contribution in [0.15, 0.2) is 0 Å². The molecular weight excluding hydrogens is 248 g/mol. The van der Waals surface area contributed by atoms with Crippen molar-refractivity contribution in [2.45, 2.75) is 95.6 Å². The van der Waals surface area contributed by atoms with Crippen LogP contribution in [0.25, 0.3) is 0 Å². The third-order valence-corrected chi connectivity index (χ3v) is 5.07. The topological polar surface area (TPSA) is 46.3 Å². The van der Waals surface area contributed by atoms with E-state index in [1.54, 1.807) is 0 Å². The fraction of sp³-hybridized carbons (Fsp3) is 0.941. The van der Waals surface area contributed by atoms with Crippen LogP contribution < -0.4 is 5.73 Å². The monoisotopic (exact) mass is 280 g/mol. The summed E-state index contributed by atoms with van der Waals surface area (Å²) in [5, 5.41) is 0. The molecule has 2 N–H and O–H groups in total. The lowest BCUT2D eigenvalue weighted by atomic mass is 9.88. The largest absolute Gasteiger partial charge is 0.337 e. The highest BCUT2D eigenvalue weighted by Crippen LogP contribution is 2.30. The number of nitrogens with two attached hydrogens (primary N) is 1. The van der Waals surface area contributed by atoms with E-state index in [4.69, 9.17) is 5.73 Å². The highest BCUT2D eigenvalue weighted by Gasteiger charge is 2.31. The van der Waals surface area contributed by atoms with Crippen molar-refractivity contribution in [3.63, 3.8) is 0 Å². The van der Waals surface area contributed by atoms with Crippen LogP contribution in [-0.4, -0.2) is 29.4 Å². The van der Waals surface area contributed by atoms with Crippen molar-refractivity contribution in [3.8, 4) is 0 Å². The first kappa shape index (κ1) is 15.8. The number of carbonyl (C=O) groups is 1. The van der Waals surface area contributed by atoms with Crippen molar-refractivity contribution in [1.29, 1.82) is 0 Å². The predicted octanol–water partition coefficient (Wildman–Crippen LogP) is 3.61. The molecule has 0 bridgehead atoms. The average Bonchev–Trinajstić information content (AvgIpc) is 2.50. The minimum absolute atomic E-state index is 0.414. The van der Waals surface area contributed by atoms with E-state index < -0.39 is 0 Å². The molecule has 0 aliphatic heterocycles. The van der Waals surface area contributed by atoms with Gasteiger partial charge in [-0.25, -0.2) is 0 Å². The van der Waals surface area contributed by atoms with E-state index in [2.05, 4.69) is 4.90 Å². The Bertz CT molecular complexity index is 263. The van der Waals surface area contributed by atoms with Gasteiger partial charge in [-0.05, 0) is 45.1 Å². The summed E-state index contributed by atoms with van der Waals surface area (Å²) in [6.45, 7) is 0.708. The van der Waals surface area contributed by atoms with Gasteiger partial charge in [0.1, 0.15) is 0 Å². The Hall–Kier alpha value is -0.570. The van der Waals surface area contributed by atoms with Gasteiger partial charge >= 0.3 is 0 Å². The molecule has 0 saturated heterocycles. The molecule has 1 amide bonds. The normalized spacial score (nSPS) is 21.9. The first-order valence-electron chi connectivity index (χ1n) is 8.84. The second-order valence-electron chi connectivity index (χ2n) is 6.63. The highest BCUT2D eigenvalue weighted by molar-refractivity contribution is 5.77. The van der Waals surface area contributed by atoms with Gasteiger partial charge in [0.05, 0.1) is 0 Å². The van der Waals surface area contributed by atoms with Gasteiger partial charge in [-0.2, -0.15) is 0 Å². The lowest BCUT2D eigenvalue weighted by molar-refractivity contribution is -0.138. The first-order valence-corrected chi connectivity index (χ1v) is 8.84. The molecule has 0 atom stereocenters. The van der Waals surface area contributed by atoms with Crippen molar-refractivity contribution >= 4 is 5.91 Å². The molecule has 2 fully saturated rings. The van der Waals surface area contributed by atoms with Crippen LogP contribution in [0.1, 0.15) is 83.5 Å². The quantitative estimate of drug-likeness (QED) is 0.755. The van der Waals surface area contributed by atoms with Crippen LogP contribution in [0.3, 0.4) is 0 Å². The van der Waals surface area contributed by atoms with E-state index in [1.807, 2.05) is 0 Å². The van der Waals surface area contributed by atoms with Crippen molar-refractivity contribution in [3.05, 3.63) is 0 Å². The van der Waals surface area contributed by atoms with Crippen molar-refractivity contribution in [2.75, 3.05) is 6.54 Å². The fourth-order valence-electron chi connectivity index (χ4n) is 3.97. The molecule has 0 aromatic rings. The molecule has 3 nitrogen and oxygen atoms in total. The standard InChI is InChI=1S/C17H32N2O/c18-14-8-7-13-17(20)19(15-9-3-1-4-10-15)16-11-5-2-6-12-16/h15-16H,1-14,18H2. The van der Waals surface area contributed by atoms with Crippen molar-refractivity contribution in [2.24, 2.45) is 5.73 Å². The SMILES string of the molecule is NCCCCC(=O)N(C1CCCCC1)C1CCCCC1. The van der Waals surface area contributed by atoms with E-state index in [1.165, 1.54) is 64.2 Å². The number of hydrogen-bond acceptors (Lipinski definition) is 2. The number of amides is 1. The van der Waals surface area contributed by atoms with Crippen LogP contribution in [0.2, 0.25) is 0 Å². The molecule has 0 radical (unpaired) electrons. The zero-order valence-electron chi connectivity index (χ0n) is 13.0. The second-order valence-corrected chi connectivity index (χ2v) is 6.63. The Balaban J connectivity index is 1.95. The number of hydrogen-bond donors (Lipinski definition) is 1. The summed E-state index contributed by atoms with van der Waals surface area (Å²) in [5.74, 6) is 0.414. The van der Waals surface area contributed by atoms with E-state index in [0.717, 1.165) is 12.8 Å². The number of nitrogens with zero attached hydrogens (tertiary/aromatic N) is 1. The summed E-state index contributed by atoms with van der Waals surface area (Å²) >= 11 is 0. The molecule has 0 aromatic carbocycles. The molecule has 0 unspecified atom stereocenters. The third-order valence-electron chi connectivity index (χ3n) is 5.07. The molecule has 3 heteroatoms. The van der Waals surface area contributed by atoms with Gasteiger partial charge in [0.15, 0.2) is 0 Å². The highest BCUT2D eigenvalue weighted by atomic mass is 16.2. The summed E-state index contributed by atoms with van der Waals surface area (Å²) in [6.07, 6.45) is 15.6. The Morgan fingerprint density at radius 1 is 0.850 bits per heavy atom. The van der Waals surface area contributed by atoms with Crippen LogP contribution in [0.5, 0.6) is 0 Å². The summed E-state index contributed by atoms with van der Waals surface area (Å²) in [6, 6.07) is 1.08. The molecule has 2 saturated carbocycles. The van der Waals surface area contributed by atoms with Crippen molar-refractivity contribution < 1.29 is 4.79 Å². The maximum atomic E-state index is 12.7. The number of rotatable bonds is 6. The Morgan fingerprint density at radius 3 is 1.80 bits per heavy atom. The van der Waals surface area contributed by atoms with Crippen LogP contribution in [0.4, 0.5) is 0 Å².